The number of hydrogen-bond acceptors (Lipinski definition) is 2. The largest absolute Gasteiger partial charge is 0.493 e. The first kappa shape index (κ1) is 18.6. The second kappa shape index (κ2) is 8.36. The van der Waals surface area contributed by atoms with Gasteiger partial charge in [0, 0.05) is 16.1 Å². The monoisotopic (exact) mass is 407 g/mol. The molecule has 0 aliphatic heterocycles. The molecule has 0 spiro atoms. The molecule has 3 nitrogen and oxygen atoms in total. The van der Waals surface area contributed by atoms with Crippen molar-refractivity contribution < 1.29 is 9.53 Å². The number of rotatable bonds is 5. The van der Waals surface area contributed by atoms with E-state index < -0.39 is 0 Å². The van der Waals surface area contributed by atoms with Gasteiger partial charge in [-0.05, 0) is 62.2 Å². The molecule has 1 N–H and O–H groups in total. The molecule has 0 bridgehead atoms. The van der Waals surface area contributed by atoms with Gasteiger partial charge in [-0.15, -0.1) is 0 Å². The Labute approximate surface area is 155 Å². The van der Waals surface area contributed by atoms with Crippen LogP contribution in [0.1, 0.15) is 23.6 Å². The summed E-state index contributed by atoms with van der Waals surface area (Å²) >= 11 is 9.64. The van der Waals surface area contributed by atoms with Crippen LogP contribution in [-0.2, 0) is 4.79 Å². The van der Waals surface area contributed by atoms with E-state index in [1.54, 1.807) is 6.08 Å². The molecule has 5 heteroatoms. The third-order valence-corrected chi connectivity index (χ3v) is 4.16. The molecule has 2 rings (SSSR count). The number of ether oxygens (including phenoxy) is 1. The van der Waals surface area contributed by atoms with Crippen LogP contribution in [0.2, 0.25) is 5.02 Å². The van der Waals surface area contributed by atoms with E-state index in [2.05, 4.69) is 21.2 Å². The minimum Gasteiger partial charge on any atom is -0.493 e. The van der Waals surface area contributed by atoms with E-state index in [-0.39, 0.29) is 5.91 Å². The van der Waals surface area contributed by atoms with Crippen molar-refractivity contribution in [2.24, 2.45) is 0 Å². The highest BCUT2D eigenvalue weighted by Crippen LogP contribution is 2.28. The number of aryl methyl sites for hydroxylation is 2. The maximum atomic E-state index is 12.2. The zero-order chi connectivity index (χ0) is 17.7. The Bertz CT molecular complexity index is 764. The lowest BCUT2D eigenvalue weighted by Crippen LogP contribution is -2.09. The minimum absolute atomic E-state index is 0.244. The summed E-state index contributed by atoms with van der Waals surface area (Å²) in [5, 5.41) is 3.37. The van der Waals surface area contributed by atoms with Crippen molar-refractivity contribution in [1.82, 2.24) is 0 Å². The van der Waals surface area contributed by atoms with Crippen LogP contribution in [0.4, 0.5) is 5.69 Å². The van der Waals surface area contributed by atoms with Crippen molar-refractivity contribution in [3.63, 3.8) is 0 Å². The Balaban J connectivity index is 2.18. The topological polar surface area (TPSA) is 38.3 Å². The number of nitrogens with one attached hydrogen (secondary N) is 1. The molecule has 0 atom stereocenters. The molecule has 126 valence electrons. The highest BCUT2D eigenvalue weighted by atomic mass is 79.9. The van der Waals surface area contributed by atoms with Crippen LogP contribution in [0.25, 0.3) is 6.08 Å². The summed E-state index contributed by atoms with van der Waals surface area (Å²) in [4.78, 5) is 12.2. The predicted molar refractivity (Wildman–Crippen MR) is 104 cm³/mol. The Morgan fingerprint density at radius 1 is 1.29 bits per heavy atom. The standard InChI is InChI=1S/C19H19BrClNO2/c1-4-24-17-7-6-15(20)11-14(17)5-8-18(23)22-19-13(3)9-12(2)10-16(19)21/h5-11H,4H2,1-3H3,(H,22,23)/b8-5+. The normalized spacial score (nSPS) is 10.9. The van der Waals surface area contributed by atoms with E-state index in [0.29, 0.717) is 17.3 Å². The van der Waals surface area contributed by atoms with Crippen molar-refractivity contribution in [3.05, 3.63) is 62.6 Å². The number of amides is 1. The molecule has 0 heterocycles. The molecule has 0 aliphatic rings. The van der Waals surface area contributed by atoms with Gasteiger partial charge >= 0.3 is 0 Å². The quantitative estimate of drug-likeness (QED) is 0.638. The van der Waals surface area contributed by atoms with Crippen LogP contribution in [0.5, 0.6) is 5.75 Å². The lowest BCUT2D eigenvalue weighted by atomic mass is 10.1. The smallest absolute Gasteiger partial charge is 0.248 e. The Kier molecular flexibility index (Phi) is 6.46. The zero-order valence-corrected chi connectivity index (χ0v) is 16.2. The van der Waals surface area contributed by atoms with Gasteiger partial charge in [0.1, 0.15) is 5.75 Å². The van der Waals surface area contributed by atoms with Crippen LogP contribution in [0.3, 0.4) is 0 Å². The maximum absolute atomic E-state index is 12.2. The summed E-state index contributed by atoms with van der Waals surface area (Å²) in [5.74, 6) is 0.487. The third-order valence-electron chi connectivity index (χ3n) is 3.37. The van der Waals surface area contributed by atoms with Gasteiger partial charge < -0.3 is 10.1 Å². The van der Waals surface area contributed by atoms with Gasteiger partial charge in [0.05, 0.1) is 17.3 Å². The van der Waals surface area contributed by atoms with Crippen molar-refractivity contribution in [2.75, 3.05) is 11.9 Å². The highest BCUT2D eigenvalue weighted by Gasteiger charge is 2.08. The summed E-state index contributed by atoms with van der Waals surface area (Å²) in [6, 6.07) is 9.48. The molecule has 0 saturated heterocycles. The van der Waals surface area contributed by atoms with Gasteiger partial charge in [-0.1, -0.05) is 33.6 Å². The van der Waals surface area contributed by atoms with Crippen molar-refractivity contribution >= 4 is 45.2 Å². The molecule has 2 aromatic rings. The average molecular weight is 409 g/mol. The summed E-state index contributed by atoms with van der Waals surface area (Å²) in [6.07, 6.45) is 3.20. The van der Waals surface area contributed by atoms with E-state index in [9.17, 15) is 4.79 Å². The first-order valence-corrected chi connectivity index (χ1v) is 8.76. The SMILES string of the molecule is CCOc1ccc(Br)cc1/C=C/C(=O)Nc1c(C)cc(C)cc1Cl. The number of benzene rings is 2. The number of carbonyl (C=O) groups excluding carboxylic acids is 1. The number of halogens is 2. The number of anilines is 1. The molecular weight excluding hydrogens is 390 g/mol. The second-order valence-corrected chi connectivity index (χ2v) is 6.70. The summed E-state index contributed by atoms with van der Waals surface area (Å²) in [7, 11) is 0. The molecule has 0 fully saturated rings. The number of carbonyl (C=O) groups is 1. The van der Waals surface area contributed by atoms with E-state index in [1.807, 2.05) is 51.1 Å². The van der Waals surface area contributed by atoms with E-state index in [1.165, 1.54) is 6.08 Å². The second-order valence-electron chi connectivity index (χ2n) is 5.38. The van der Waals surface area contributed by atoms with Gasteiger partial charge in [0.25, 0.3) is 0 Å². The van der Waals surface area contributed by atoms with Crippen molar-refractivity contribution in [1.29, 1.82) is 0 Å². The summed E-state index contributed by atoms with van der Waals surface area (Å²) in [5.41, 5.74) is 3.45. The average Bonchev–Trinajstić information content (AvgIpc) is 2.51. The van der Waals surface area contributed by atoms with E-state index in [0.717, 1.165) is 26.9 Å². The van der Waals surface area contributed by atoms with Crippen LogP contribution in [-0.4, -0.2) is 12.5 Å². The van der Waals surface area contributed by atoms with Gasteiger partial charge in [-0.3, -0.25) is 4.79 Å². The Morgan fingerprint density at radius 2 is 2.04 bits per heavy atom. The first-order chi connectivity index (χ1) is 11.4. The predicted octanol–water partition coefficient (Wildman–Crippen LogP) is 5.77. The van der Waals surface area contributed by atoms with E-state index >= 15 is 0 Å². The van der Waals surface area contributed by atoms with Gasteiger partial charge in [0.2, 0.25) is 5.91 Å². The lowest BCUT2D eigenvalue weighted by molar-refractivity contribution is -0.111. The Hall–Kier alpha value is -1.78. The zero-order valence-electron chi connectivity index (χ0n) is 13.8. The molecule has 0 aliphatic carbocycles. The molecule has 0 saturated carbocycles. The third kappa shape index (κ3) is 4.86. The van der Waals surface area contributed by atoms with Gasteiger partial charge in [0.15, 0.2) is 0 Å². The van der Waals surface area contributed by atoms with Crippen molar-refractivity contribution in [2.45, 2.75) is 20.8 Å². The molecule has 0 aromatic heterocycles. The molecule has 1 amide bonds. The molecule has 24 heavy (non-hydrogen) atoms. The molecule has 2 aromatic carbocycles. The molecule has 0 radical (unpaired) electrons. The minimum atomic E-state index is -0.244. The molecule has 0 unspecified atom stereocenters. The van der Waals surface area contributed by atoms with Gasteiger partial charge in [-0.25, -0.2) is 0 Å². The molecular formula is C19H19BrClNO2. The fraction of sp³-hybridized carbons (Fsp3) is 0.211. The fourth-order valence-corrected chi connectivity index (χ4v) is 3.09. The summed E-state index contributed by atoms with van der Waals surface area (Å²) < 4.78 is 6.49. The van der Waals surface area contributed by atoms with Crippen LogP contribution < -0.4 is 10.1 Å². The fourth-order valence-electron chi connectivity index (χ4n) is 2.34. The summed E-state index contributed by atoms with van der Waals surface area (Å²) in [6.45, 7) is 6.36. The van der Waals surface area contributed by atoms with Crippen LogP contribution in [0, 0.1) is 13.8 Å². The highest BCUT2D eigenvalue weighted by molar-refractivity contribution is 9.10. The van der Waals surface area contributed by atoms with Gasteiger partial charge in [-0.2, -0.15) is 0 Å². The maximum Gasteiger partial charge on any atom is 0.248 e. The van der Waals surface area contributed by atoms with E-state index in [4.69, 9.17) is 16.3 Å². The lowest BCUT2D eigenvalue weighted by Gasteiger charge is -2.10. The van der Waals surface area contributed by atoms with Crippen molar-refractivity contribution in [3.8, 4) is 5.75 Å². The first-order valence-electron chi connectivity index (χ1n) is 7.59. The Morgan fingerprint density at radius 3 is 2.71 bits per heavy atom. The number of hydrogen-bond donors (Lipinski definition) is 1. The van der Waals surface area contributed by atoms with Crippen LogP contribution in [0.15, 0.2) is 40.9 Å². The van der Waals surface area contributed by atoms with Crippen LogP contribution >= 0.6 is 27.5 Å².